The van der Waals surface area contributed by atoms with Crippen LogP contribution >= 0.6 is 0 Å². The molecule has 1 aliphatic rings. The zero-order valence-electron chi connectivity index (χ0n) is 10.1. The van der Waals surface area contributed by atoms with Gasteiger partial charge < -0.3 is 4.90 Å². The van der Waals surface area contributed by atoms with Crippen LogP contribution in [0.25, 0.3) is 0 Å². The predicted molar refractivity (Wildman–Crippen MR) is 59.4 cm³/mol. The summed E-state index contributed by atoms with van der Waals surface area (Å²) >= 11 is 0. The van der Waals surface area contributed by atoms with Gasteiger partial charge in [-0.3, -0.25) is 4.79 Å². The summed E-state index contributed by atoms with van der Waals surface area (Å²) < 4.78 is 14.1. The maximum Gasteiger partial charge on any atom is 0.259 e. The molecule has 15 heavy (non-hydrogen) atoms. The van der Waals surface area contributed by atoms with Gasteiger partial charge >= 0.3 is 0 Å². The fourth-order valence-corrected chi connectivity index (χ4v) is 2.49. The lowest BCUT2D eigenvalue weighted by Crippen LogP contribution is -2.41. The lowest BCUT2D eigenvalue weighted by Gasteiger charge is -2.29. The van der Waals surface area contributed by atoms with E-state index in [4.69, 9.17) is 0 Å². The highest BCUT2D eigenvalue weighted by molar-refractivity contribution is 5.84. The molecular weight excluding hydrogens is 193 g/mol. The van der Waals surface area contributed by atoms with E-state index in [-0.39, 0.29) is 0 Å². The molecule has 2 nitrogen and oxygen atoms in total. The van der Waals surface area contributed by atoms with Crippen molar-refractivity contribution in [2.24, 2.45) is 5.92 Å². The molecular formula is C12H22FNO. The maximum absolute atomic E-state index is 14.1. The Bertz CT molecular complexity index is 220. The molecule has 88 valence electrons. The quantitative estimate of drug-likeness (QED) is 0.709. The minimum Gasteiger partial charge on any atom is -0.346 e. The summed E-state index contributed by atoms with van der Waals surface area (Å²) in [4.78, 5) is 12.9. The van der Waals surface area contributed by atoms with Crippen molar-refractivity contribution >= 4 is 5.91 Å². The summed E-state index contributed by atoms with van der Waals surface area (Å²) in [5, 5.41) is 0. The number of carbonyl (C=O) groups excluding carboxylic acids is 1. The average molecular weight is 215 g/mol. The van der Waals surface area contributed by atoms with Crippen LogP contribution in [0.15, 0.2) is 0 Å². The van der Waals surface area contributed by atoms with E-state index in [0.29, 0.717) is 12.3 Å². The first kappa shape index (κ1) is 12.5. The maximum atomic E-state index is 14.1. The third-order valence-corrected chi connectivity index (χ3v) is 3.25. The number of nitrogens with zero attached hydrogens (tertiary/aromatic N) is 1. The van der Waals surface area contributed by atoms with Crippen LogP contribution in [0.2, 0.25) is 0 Å². The van der Waals surface area contributed by atoms with Crippen LogP contribution in [0, 0.1) is 5.92 Å². The van der Waals surface area contributed by atoms with Crippen LogP contribution in [0.1, 0.15) is 45.4 Å². The molecule has 0 N–H and O–H groups in total. The number of amides is 1. The second kappa shape index (κ2) is 4.95. The van der Waals surface area contributed by atoms with Gasteiger partial charge in [-0.1, -0.05) is 32.1 Å². The van der Waals surface area contributed by atoms with Crippen molar-refractivity contribution in [2.75, 3.05) is 14.1 Å². The molecule has 1 atom stereocenters. The third-order valence-electron chi connectivity index (χ3n) is 3.25. The fourth-order valence-electron chi connectivity index (χ4n) is 2.49. The van der Waals surface area contributed by atoms with Gasteiger partial charge in [0.15, 0.2) is 5.67 Å². The van der Waals surface area contributed by atoms with Crippen LogP contribution < -0.4 is 0 Å². The summed E-state index contributed by atoms with van der Waals surface area (Å²) in [5.74, 6) is 0.00530. The van der Waals surface area contributed by atoms with Gasteiger partial charge in [0.25, 0.3) is 5.91 Å². The smallest absolute Gasteiger partial charge is 0.259 e. The molecule has 1 aliphatic carbocycles. The van der Waals surface area contributed by atoms with E-state index in [1.807, 2.05) is 0 Å². The first-order chi connectivity index (χ1) is 6.93. The molecule has 3 heteroatoms. The van der Waals surface area contributed by atoms with Gasteiger partial charge in [0.2, 0.25) is 0 Å². The van der Waals surface area contributed by atoms with E-state index in [1.54, 1.807) is 14.1 Å². The molecule has 0 saturated heterocycles. The lowest BCUT2D eigenvalue weighted by atomic mass is 9.82. The standard InChI is InChI=1S/C12H22FNO/c1-12(13,11(15)14(2)3)9-10-7-5-4-6-8-10/h10H,4-9H2,1-3H3. The van der Waals surface area contributed by atoms with Crippen molar-refractivity contribution in [1.82, 2.24) is 4.90 Å². The summed E-state index contributed by atoms with van der Waals surface area (Å²) in [6, 6.07) is 0. The van der Waals surface area contributed by atoms with Crippen molar-refractivity contribution in [3.8, 4) is 0 Å². The van der Waals surface area contributed by atoms with Crippen molar-refractivity contribution in [2.45, 2.75) is 51.1 Å². The second-order valence-electron chi connectivity index (χ2n) is 5.11. The topological polar surface area (TPSA) is 20.3 Å². The van der Waals surface area contributed by atoms with Crippen molar-refractivity contribution in [3.05, 3.63) is 0 Å². The van der Waals surface area contributed by atoms with E-state index in [2.05, 4.69) is 0 Å². The first-order valence-electron chi connectivity index (χ1n) is 5.84. The van der Waals surface area contributed by atoms with E-state index < -0.39 is 11.6 Å². The van der Waals surface area contributed by atoms with Gasteiger partial charge in [0.05, 0.1) is 0 Å². The summed E-state index contributed by atoms with van der Waals surface area (Å²) in [7, 11) is 3.22. The van der Waals surface area contributed by atoms with Gasteiger partial charge in [-0.05, 0) is 19.3 Å². The highest BCUT2D eigenvalue weighted by Crippen LogP contribution is 2.32. The summed E-state index contributed by atoms with van der Waals surface area (Å²) in [5.41, 5.74) is -1.68. The molecule has 0 radical (unpaired) electrons. The van der Waals surface area contributed by atoms with Crippen LogP contribution in [-0.2, 0) is 4.79 Å². The number of carbonyl (C=O) groups is 1. The number of halogens is 1. The molecule has 0 aromatic carbocycles. The zero-order chi connectivity index (χ0) is 11.5. The molecule has 0 aromatic rings. The van der Waals surface area contributed by atoms with Crippen molar-refractivity contribution in [3.63, 3.8) is 0 Å². The largest absolute Gasteiger partial charge is 0.346 e. The molecule has 1 fully saturated rings. The molecule has 0 aliphatic heterocycles. The zero-order valence-corrected chi connectivity index (χ0v) is 10.1. The van der Waals surface area contributed by atoms with Gasteiger partial charge in [-0.2, -0.15) is 0 Å². The van der Waals surface area contributed by atoms with Crippen LogP contribution in [0.3, 0.4) is 0 Å². The average Bonchev–Trinajstić information content (AvgIpc) is 2.17. The van der Waals surface area contributed by atoms with E-state index in [0.717, 1.165) is 12.8 Å². The van der Waals surface area contributed by atoms with Gasteiger partial charge in [-0.15, -0.1) is 0 Å². The highest BCUT2D eigenvalue weighted by atomic mass is 19.1. The number of hydrogen-bond donors (Lipinski definition) is 0. The SMILES string of the molecule is CN(C)C(=O)C(C)(F)CC1CCCCC1. The molecule has 1 unspecified atom stereocenters. The number of hydrogen-bond acceptors (Lipinski definition) is 1. The van der Waals surface area contributed by atoms with Gasteiger partial charge in [0.1, 0.15) is 0 Å². The van der Waals surface area contributed by atoms with E-state index in [9.17, 15) is 9.18 Å². The summed E-state index contributed by atoms with van der Waals surface area (Å²) in [6.07, 6.45) is 6.21. The fraction of sp³-hybridized carbons (Fsp3) is 0.917. The second-order valence-corrected chi connectivity index (χ2v) is 5.11. The Labute approximate surface area is 91.8 Å². The minimum atomic E-state index is -1.68. The Hall–Kier alpha value is -0.600. The Morgan fingerprint density at radius 1 is 1.33 bits per heavy atom. The monoisotopic (exact) mass is 215 g/mol. The highest BCUT2D eigenvalue weighted by Gasteiger charge is 2.36. The Kier molecular flexibility index (Phi) is 4.12. The Balaban J connectivity index is 2.50. The van der Waals surface area contributed by atoms with Crippen LogP contribution in [0.4, 0.5) is 4.39 Å². The van der Waals surface area contributed by atoms with Crippen LogP contribution in [0.5, 0.6) is 0 Å². The Morgan fingerprint density at radius 2 is 1.87 bits per heavy atom. The number of alkyl halides is 1. The number of rotatable bonds is 3. The van der Waals surface area contributed by atoms with Crippen molar-refractivity contribution < 1.29 is 9.18 Å². The molecule has 1 rings (SSSR count). The lowest BCUT2D eigenvalue weighted by molar-refractivity contribution is -0.141. The van der Waals surface area contributed by atoms with E-state index in [1.165, 1.54) is 31.1 Å². The van der Waals surface area contributed by atoms with Gasteiger partial charge in [-0.25, -0.2) is 4.39 Å². The predicted octanol–water partition coefficient (Wildman–Crippen LogP) is 2.77. The molecule has 0 aromatic heterocycles. The molecule has 0 heterocycles. The molecule has 1 saturated carbocycles. The van der Waals surface area contributed by atoms with Crippen molar-refractivity contribution in [1.29, 1.82) is 0 Å². The third kappa shape index (κ3) is 3.47. The first-order valence-corrected chi connectivity index (χ1v) is 5.84. The normalized spacial score (nSPS) is 22.1. The molecule has 0 bridgehead atoms. The summed E-state index contributed by atoms with van der Waals surface area (Å²) in [6.45, 7) is 1.42. The van der Waals surface area contributed by atoms with Gasteiger partial charge in [0, 0.05) is 14.1 Å². The molecule has 0 spiro atoms. The van der Waals surface area contributed by atoms with E-state index >= 15 is 0 Å². The minimum absolute atomic E-state index is 0.393. The van der Waals surface area contributed by atoms with Crippen LogP contribution in [-0.4, -0.2) is 30.6 Å². The molecule has 1 amide bonds. The Morgan fingerprint density at radius 3 is 2.33 bits per heavy atom.